The molecule has 1 aromatic rings. The molecule has 70 valence electrons. The van der Waals surface area contributed by atoms with E-state index in [4.69, 9.17) is 0 Å². The van der Waals surface area contributed by atoms with Gasteiger partial charge in [0.05, 0.1) is 0 Å². The highest BCUT2D eigenvalue weighted by molar-refractivity contribution is 5.99. The number of hydrogen-bond acceptors (Lipinski definition) is 1. The van der Waals surface area contributed by atoms with Gasteiger partial charge in [-0.05, 0) is 24.3 Å². The Bertz CT molecular complexity index is 306. The molecule has 0 spiro atoms. The van der Waals surface area contributed by atoms with Gasteiger partial charge in [-0.2, -0.15) is 0 Å². The molecule has 1 rings (SSSR count). The maximum absolute atomic E-state index is 12.5. The van der Waals surface area contributed by atoms with Crippen molar-refractivity contribution in [1.82, 2.24) is 0 Å². The number of rotatable bonds is 1. The molecule has 1 nitrogen and oxygen atoms in total. The summed E-state index contributed by atoms with van der Waals surface area (Å²) >= 11 is 0. The quantitative estimate of drug-likeness (QED) is 0.607. The standard InChI is InChI=1S/C11H13FO/c1-11(2,3)10(13)8-4-6-9(12)7-5-8/h4-7H,1-3H3. The third-order valence-electron chi connectivity index (χ3n) is 1.79. The van der Waals surface area contributed by atoms with Crippen LogP contribution in [-0.2, 0) is 0 Å². The Kier molecular flexibility index (Phi) is 2.50. The van der Waals surface area contributed by atoms with Crippen LogP contribution in [0, 0.1) is 11.2 Å². The van der Waals surface area contributed by atoms with Crippen molar-refractivity contribution >= 4 is 5.78 Å². The largest absolute Gasteiger partial charge is 0.294 e. The van der Waals surface area contributed by atoms with E-state index in [9.17, 15) is 9.18 Å². The van der Waals surface area contributed by atoms with Gasteiger partial charge >= 0.3 is 0 Å². The van der Waals surface area contributed by atoms with Gasteiger partial charge in [0, 0.05) is 11.0 Å². The van der Waals surface area contributed by atoms with E-state index in [0.717, 1.165) is 0 Å². The molecule has 0 aliphatic carbocycles. The molecule has 0 aromatic heterocycles. The topological polar surface area (TPSA) is 17.1 Å². The first kappa shape index (κ1) is 9.90. The molecule has 0 aliphatic heterocycles. The van der Waals surface area contributed by atoms with Gasteiger partial charge in [0.1, 0.15) is 5.82 Å². The minimum absolute atomic E-state index is 0.0347. The third-order valence-corrected chi connectivity index (χ3v) is 1.79. The van der Waals surface area contributed by atoms with Crippen molar-refractivity contribution < 1.29 is 9.18 Å². The lowest BCUT2D eigenvalue weighted by molar-refractivity contribution is 0.0858. The molecule has 0 amide bonds. The molecule has 0 fully saturated rings. The van der Waals surface area contributed by atoms with Crippen molar-refractivity contribution in [3.8, 4) is 0 Å². The van der Waals surface area contributed by atoms with Crippen LogP contribution in [0.4, 0.5) is 4.39 Å². The van der Waals surface area contributed by atoms with Gasteiger partial charge in [-0.25, -0.2) is 4.39 Å². The van der Waals surface area contributed by atoms with E-state index in [-0.39, 0.29) is 11.6 Å². The molecule has 0 aliphatic rings. The van der Waals surface area contributed by atoms with E-state index in [1.54, 1.807) is 0 Å². The van der Waals surface area contributed by atoms with Gasteiger partial charge in [0.15, 0.2) is 5.78 Å². The molecule has 0 bridgehead atoms. The zero-order chi connectivity index (χ0) is 10.1. The normalized spacial score (nSPS) is 11.4. The Labute approximate surface area is 77.6 Å². The number of Topliss-reactive ketones (excluding diaryl/α,β-unsaturated/α-hetero) is 1. The summed E-state index contributed by atoms with van der Waals surface area (Å²) in [5.74, 6) is -0.280. The van der Waals surface area contributed by atoms with E-state index in [1.165, 1.54) is 24.3 Å². The van der Waals surface area contributed by atoms with Crippen LogP contribution in [0.1, 0.15) is 31.1 Å². The van der Waals surface area contributed by atoms with Crippen molar-refractivity contribution in [2.45, 2.75) is 20.8 Å². The molecule has 0 unspecified atom stereocenters. The van der Waals surface area contributed by atoms with Gasteiger partial charge in [-0.15, -0.1) is 0 Å². The molecule has 0 radical (unpaired) electrons. The molecule has 0 saturated carbocycles. The SMILES string of the molecule is CC(C)(C)C(=O)c1ccc(F)cc1. The zero-order valence-corrected chi connectivity index (χ0v) is 8.10. The van der Waals surface area contributed by atoms with Crippen LogP contribution < -0.4 is 0 Å². The minimum atomic E-state index is -0.405. The molecule has 0 N–H and O–H groups in total. The van der Waals surface area contributed by atoms with Gasteiger partial charge in [-0.3, -0.25) is 4.79 Å². The van der Waals surface area contributed by atoms with Crippen molar-refractivity contribution in [3.63, 3.8) is 0 Å². The predicted octanol–water partition coefficient (Wildman–Crippen LogP) is 3.05. The van der Waals surface area contributed by atoms with Crippen molar-refractivity contribution in [1.29, 1.82) is 0 Å². The van der Waals surface area contributed by atoms with Crippen LogP contribution in [0.25, 0.3) is 0 Å². The second-order valence-corrected chi connectivity index (χ2v) is 4.09. The first-order valence-corrected chi connectivity index (χ1v) is 4.21. The van der Waals surface area contributed by atoms with Crippen LogP contribution in [0.3, 0.4) is 0 Å². The Balaban J connectivity index is 2.97. The monoisotopic (exact) mass is 180 g/mol. The summed E-state index contributed by atoms with van der Waals surface area (Å²) in [7, 11) is 0. The summed E-state index contributed by atoms with van der Waals surface area (Å²) in [6, 6.07) is 5.64. The minimum Gasteiger partial charge on any atom is -0.294 e. The number of carbonyl (C=O) groups excluding carboxylic acids is 1. The lowest BCUT2D eigenvalue weighted by Crippen LogP contribution is -2.19. The lowest BCUT2D eigenvalue weighted by Gasteiger charge is -2.16. The molecule has 1 aromatic carbocycles. The van der Waals surface area contributed by atoms with E-state index in [1.807, 2.05) is 20.8 Å². The van der Waals surface area contributed by atoms with Gasteiger partial charge in [0.2, 0.25) is 0 Å². The van der Waals surface area contributed by atoms with Crippen molar-refractivity contribution in [2.75, 3.05) is 0 Å². The van der Waals surface area contributed by atoms with Crippen LogP contribution in [0.2, 0.25) is 0 Å². The Hall–Kier alpha value is -1.18. The van der Waals surface area contributed by atoms with Crippen LogP contribution in [0.15, 0.2) is 24.3 Å². The average molecular weight is 180 g/mol. The number of hydrogen-bond donors (Lipinski definition) is 0. The molecular formula is C11H13FO. The highest BCUT2D eigenvalue weighted by atomic mass is 19.1. The fraction of sp³-hybridized carbons (Fsp3) is 0.364. The number of benzene rings is 1. The highest BCUT2D eigenvalue weighted by Crippen LogP contribution is 2.20. The third kappa shape index (κ3) is 2.38. The fourth-order valence-corrected chi connectivity index (χ4v) is 1.03. The second kappa shape index (κ2) is 3.29. The molecule has 0 saturated heterocycles. The van der Waals surface area contributed by atoms with Crippen LogP contribution >= 0.6 is 0 Å². The molecule has 0 heterocycles. The smallest absolute Gasteiger partial charge is 0.168 e. The first-order chi connectivity index (χ1) is 5.91. The van der Waals surface area contributed by atoms with Crippen molar-refractivity contribution in [3.05, 3.63) is 35.6 Å². The second-order valence-electron chi connectivity index (χ2n) is 4.09. The summed E-state index contributed by atoms with van der Waals surface area (Å²) in [6.45, 7) is 5.54. The summed E-state index contributed by atoms with van der Waals surface area (Å²) in [4.78, 5) is 11.7. The molecular weight excluding hydrogens is 167 g/mol. The summed E-state index contributed by atoms with van der Waals surface area (Å²) in [5, 5.41) is 0. The first-order valence-electron chi connectivity index (χ1n) is 4.21. The maximum atomic E-state index is 12.5. The van der Waals surface area contributed by atoms with Gasteiger partial charge in [0.25, 0.3) is 0 Å². The molecule has 13 heavy (non-hydrogen) atoms. The zero-order valence-electron chi connectivity index (χ0n) is 8.10. The van der Waals surface area contributed by atoms with E-state index in [2.05, 4.69) is 0 Å². The Morgan fingerprint density at radius 1 is 1.15 bits per heavy atom. The Morgan fingerprint density at radius 3 is 2.00 bits per heavy atom. The molecule has 0 atom stereocenters. The average Bonchev–Trinajstić information content (AvgIpc) is 2.03. The van der Waals surface area contributed by atoms with E-state index in [0.29, 0.717) is 5.56 Å². The highest BCUT2D eigenvalue weighted by Gasteiger charge is 2.22. The van der Waals surface area contributed by atoms with Gasteiger partial charge in [-0.1, -0.05) is 20.8 Å². The summed E-state index contributed by atoms with van der Waals surface area (Å²) < 4.78 is 12.5. The van der Waals surface area contributed by atoms with Gasteiger partial charge < -0.3 is 0 Å². The summed E-state index contributed by atoms with van der Waals surface area (Å²) in [6.07, 6.45) is 0. The lowest BCUT2D eigenvalue weighted by atomic mass is 9.87. The van der Waals surface area contributed by atoms with Crippen LogP contribution in [-0.4, -0.2) is 5.78 Å². The van der Waals surface area contributed by atoms with E-state index >= 15 is 0 Å². The summed E-state index contributed by atoms with van der Waals surface area (Å²) in [5.41, 5.74) is 0.159. The number of carbonyl (C=O) groups is 1. The number of ketones is 1. The van der Waals surface area contributed by atoms with Crippen LogP contribution in [0.5, 0.6) is 0 Å². The number of halogens is 1. The fourth-order valence-electron chi connectivity index (χ4n) is 1.03. The predicted molar refractivity (Wildman–Crippen MR) is 50.2 cm³/mol. The van der Waals surface area contributed by atoms with E-state index < -0.39 is 5.41 Å². The maximum Gasteiger partial charge on any atom is 0.168 e. The van der Waals surface area contributed by atoms with Crippen molar-refractivity contribution in [2.24, 2.45) is 5.41 Å². The molecule has 2 heteroatoms. The Morgan fingerprint density at radius 2 is 1.62 bits per heavy atom.